The monoisotopic (exact) mass is 304 g/mol. The maximum absolute atomic E-state index is 11.0. The molecule has 0 saturated heterocycles. The number of aliphatic hydroxyl groups is 1. The molecule has 4 nitrogen and oxygen atoms in total. The van der Waals surface area contributed by atoms with Crippen molar-refractivity contribution in [2.24, 2.45) is 0 Å². The van der Waals surface area contributed by atoms with Crippen molar-refractivity contribution in [3.63, 3.8) is 0 Å². The quantitative estimate of drug-likeness (QED) is 0.805. The number of nitrogens with zero attached hydrogens (tertiary/aromatic N) is 1. The van der Waals surface area contributed by atoms with E-state index in [1.54, 1.807) is 6.20 Å². The number of thiazole rings is 1. The van der Waals surface area contributed by atoms with Gasteiger partial charge in [-0.3, -0.25) is 0 Å². The predicted molar refractivity (Wildman–Crippen MR) is 83.6 cm³/mol. The van der Waals surface area contributed by atoms with Gasteiger partial charge in [-0.05, 0) is 43.5 Å². The van der Waals surface area contributed by atoms with E-state index in [-0.39, 0.29) is 0 Å². The lowest BCUT2D eigenvalue weighted by molar-refractivity contribution is -0.150. The highest BCUT2D eigenvalue weighted by molar-refractivity contribution is 7.09. The highest BCUT2D eigenvalue weighted by Crippen LogP contribution is 2.36. The number of aromatic nitrogens is 1. The molecular weight excluding hydrogens is 284 g/mol. The van der Waals surface area contributed by atoms with Gasteiger partial charge in [-0.25, -0.2) is 4.98 Å². The van der Waals surface area contributed by atoms with Crippen LogP contribution in [0.25, 0.3) is 0 Å². The molecule has 0 spiro atoms. The van der Waals surface area contributed by atoms with Gasteiger partial charge < -0.3 is 15.2 Å². The van der Waals surface area contributed by atoms with E-state index in [4.69, 9.17) is 4.74 Å². The van der Waals surface area contributed by atoms with E-state index in [0.717, 1.165) is 25.0 Å². The number of ether oxygens (including phenoxy) is 1. The lowest BCUT2D eigenvalue weighted by atomic mass is 10.1. The average molecular weight is 304 g/mol. The van der Waals surface area contributed by atoms with Gasteiger partial charge in [0.05, 0.1) is 0 Å². The second-order valence-corrected chi connectivity index (χ2v) is 6.22. The predicted octanol–water partition coefficient (Wildman–Crippen LogP) is 2.47. The lowest BCUT2D eigenvalue weighted by Crippen LogP contribution is -2.36. The number of fused-ring (bicyclic) bond motifs is 1. The van der Waals surface area contributed by atoms with E-state index < -0.39 is 5.79 Å². The molecule has 3 rings (SSSR count). The normalized spacial score (nSPS) is 16.5. The van der Waals surface area contributed by atoms with Crippen LogP contribution >= 0.6 is 11.3 Å². The van der Waals surface area contributed by atoms with Crippen LogP contribution in [0.3, 0.4) is 0 Å². The minimum atomic E-state index is -1.37. The van der Waals surface area contributed by atoms with Gasteiger partial charge in [-0.1, -0.05) is 12.1 Å². The molecule has 0 fully saturated rings. The lowest BCUT2D eigenvalue weighted by Gasteiger charge is -2.28. The molecule has 0 amide bonds. The fourth-order valence-electron chi connectivity index (χ4n) is 2.77. The van der Waals surface area contributed by atoms with Crippen LogP contribution in [0.2, 0.25) is 0 Å². The molecule has 1 aliphatic rings. The minimum Gasteiger partial charge on any atom is -0.455 e. The van der Waals surface area contributed by atoms with Crippen LogP contribution in [-0.2, 0) is 18.6 Å². The molecule has 1 aromatic carbocycles. The van der Waals surface area contributed by atoms with Gasteiger partial charge >= 0.3 is 0 Å². The zero-order valence-corrected chi connectivity index (χ0v) is 12.9. The first-order valence-electron chi connectivity index (χ1n) is 7.30. The Morgan fingerprint density at radius 3 is 3.10 bits per heavy atom. The minimum absolute atomic E-state index is 0.459. The van der Waals surface area contributed by atoms with Crippen molar-refractivity contribution in [1.29, 1.82) is 0 Å². The Morgan fingerprint density at radius 2 is 2.33 bits per heavy atom. The number of nitrogens with one attached hydrogen (secondary N) is 1. The van der Waals surface area contributed by atoms with E-state index in [1.165, 1.54) is 22.5 Å². The van der Waals surface area contributed by atoms with Gasteiger partial charge in [0.25, 0.3) is 5.79 Å². The Balaban J connectivity index is 1.90. The van der Waals surface area contributed by atoms with Crippen molar-refractivity contribution in [2.45, 2.75) is 31.5 Å². The first-order chi connectivity index (χ1) is 10.2. The van der Waals surface area contributed by atoms with Gasteiger partial charge in [-0.15, -0.1) is 11.3 Å². The van der Waals surface area contributed by atoms with E-state index in [0.29, 0.717) is 18.0 Å². The van der Waals surface area contributed by atoms with E-state index in [9.17, 15) is 5.11 Å². The smallest absolute Gasteiger partial charge is 0.262 e. The number of rotatable bonds is 6. The SMILES string of the molecule is CNCCC(O)(Oc1cccc2c1CCC2)c1nccs1. The third-order valence-electron chi connectivity index (χ3n) is 3.86. The zero-order valence-electron chi connectivity index (χ0n) is 12.1. The second kappa shape index (κ2) is 6.13. The Labute approximate surface area is 128 Å². The van der Waals surface area contributed by atoms with E-state index in [1.807, 2.05) is 24.6 Å². The van der Waals surface area contributed by atoms with Crippen LogP contribution in [0.15, 0.2) is 29.8 Å². The Morgan fingerprint density at radius 1 is 1.43 bits per heavy atom. The van der Waals surface area contributed by atoms with Crippen LogP contribution in [0.1, 0.15) is 29.0 Å². The summed E-state index contributed by atoms with van der Waals surface area (Å²) in [7, 11) is 1.86. The van der Waals surface area contributed by atoms with Crippen molar-refractivity contribution in [3.8, 4) is 5.75 Å². The molecule has 0 bridgehead atoms. The molecule has 5 heteroatoms. The summed E-state index contributed by atoms with van der Waals surface area (Å²) in [5, 5.41) is 16.5. The number of aryl methyl sites for hydroxylation is 1. The molecule has 2 aromatic rings. The molecule has 0 aliphatic heterocycles. The third kappa shape index (κ3) is 2.95. The number of hydrogen-bond donors (Lipinski definition) is 2. The standard InChI is InChI=1S/C16H20N2O2S/c1-17-9-8-16(19,15-18-10-11-21-15)20-14-7-3-5-12-4-2-6-13(12)14/h3,5,7,10-11,17,19H,2,4,6,8-9H2,1H3. The number of hydrogen-bond acceptors (Lipinski definition) is 5. The molecule has 112 valence electrons. The highest BCUT2D eigenvalue weighted by Gasteiger charge is 2.35. The molecule has 2 N–H and O–H groups in total. The molecule has 21 heavy (non-hydrogen) atoms. The van der Waals surface area contributed by atoms with Gasteiger partial charge in [0, 0.05) is 24.5 Å². The Bertz CT molecular complexity index is 600. The van der Waals surface area contributed by atoms with Crippen LogP contribution in [-0.4, -0.2) is 23.7 Å². The fraction of sp³-hybridized carbons (Fsp3) is 0.438. The van der Waals surface area contributed by atoms with Crippen molar-refractivity contribution in [2.75, 3.05) is 13.6 Å². The summed E-state index contributed by atoms with van der Waals surface area (Å²) < 4.78 is 6.05. The maximum Gasteiger partial charge on any atom is 0.262 e. The third-order valence-corrected chi connectivity index (χ3v) is 4.77. The fourth-order valence-corrected chi connectivity index (χ4v) is 3.47. The van der Waals surface area contributed by atoms with Crippen molar-refractivity contribution >= 4 is 11.3 Å². The zero-order chi connectivity index (χ0) is 14.7. The molecule has 1 aromatic heterocycles. The summed E-state index contributed by atoms with van der Waals surface area (Å²) >= 11 is 1.42. The molecule has 1 aliphatic carbocycles. The van der Waals surface area contributed by atoms with Crippen LogP contribution in [0.5, 0.6) is 5.75 Å². The van der Waals surface area contributed by atoms with Gasteiger partial charge in [0.2, 0.25) is 0 Å². The summed E-state index contributed by atoms with van der Waals surface area (Å²) in [6.07, 6.45) is 5.43. The molecule has 0 saturated carbocycles. The van der Waals surface area contributed by atoms with Crippen LogP contribution < -0.4 is 10.1 Å². The molecule has 1 unspecified atom stereocenters. The van der Waals surface area contributed by atoms with Gasteiger partial charge in [0.1, 0.15) is 5.75 Å². The maximum atomic E-state index is 11.0. The molecule has 1 heterocycles. The summed E-state index contributed by atoms with van der Waals surface area (Å²) in [6.45, 7) is 0.658. The summed E-state index contributed by atoms with van der Waals surface area (Å²) in [6, 6.07) is 6.09. The van der Waals surface area contributed by atoms with Crippen LogP contribution in [0, 0.1) is 0 Å². The second-order valence-electron chi connectivity index (χ2n) is 5.32. The Kier molecular flexibility index (Phi) is 4.24. The van der Waals surface area contributed by atoms with E-state index in [2.05, 4.69) is 16.4 Å². The number of benzene rings is 1. The molecular formula is C16H20N2O2S. The largest absolute Gasteiger partial charge is 0.455 e. The van der Waals surface area contributed by atoms with Crippen molar-refractivity contribution in [3.05, 3.63) is 45.9 Å². The first kappa shape index (κ1) is 14.5. The summed E-state index contributed by atoms with van der Waals surface area (Å²) in [5.74, 6) is -0.576. The average Bonchev–Trinajstić information content (AvgIpc) is 3.16. The van der Waals surface area contributed by atoms with Gasteiger partial charge in [-0.2, -0.15) is 0 Å². The summed E-state index contributed by atoms with van der Waals surface area (Å²) in [5.41, 5.74) is 2.57. The van der Waals surface area contributed by atoms with Gasteiger partial charge in [0.15, 0.2) is 5.01 Å². The molecule has 1 atom stereocenters. The topological polar surface area (TPSA) is 54.4 Å². The first-order valence-corrected chi connectivity index (χ1v) is 8.17. The Hall–Kier alpha value is -1.43. The van der Waals surface area contributed by atoms with Crippen LogP contribution in [0.4, 0.5) is 0 Å². The van der Waals surface area contributed by atoms with Crippen molar-refractivity contribution < 1.29 is 9.84 Å². The molecule has 0 radical (unpaired) electrons. The highest BCUT2D eigenvalue weighted by atomic mass is 32.1. The summed E-state index contributed by atoms with van der Waals surface area (Å²) in [4.78, 5) is 4.25. The van der Waals surface area contributed by atoms with E-state index >= 15 is 0 Å². The van der Waals surface area contributed by atoms with Crippen molar-refractivity contribution in [1.82, 2.24) is 10.3 Å².